The average Bonchev–Trinajstić information content (AvgIpc) is 3.02. The Morgan fingerprint density at radius 2 is 1.90 bits per heavy atom. The molecular weight excluding hydrogens is 394 g/mol. The lowest BCUT2D eigenvalue weighted by molar-refractivity contribution is -0.139. The quantitative estimate of drug-likeness (QED) is 0.381. The van der Waals surface area contributed by atoms with Gasteiger partial charge in [0.05, 0.1) is 25.3 Å². The van der Waals surface area contributed by atoms with Gasteiger partial charge < -0.3 is 19.5 Å². The second kappa shape index (κ2) is 9.69. The standard InChI is InChI=1S/C25H29NO5/c1-5-7-13-26-22(17-9-8-10-19(15-17)31-6-2)21(24(28)25(26)29)23(27)18-11-12-20(30-4)16(3)14-18/h8-12,14-15,22,27H,5-7,13H2,1-4H3/b23-21+. The SMILES string of the molecule is CCCCN1C(=O)C(=O)/C(=C(/O)c2ccc(OC)c(C)c2)C1c1cccc(OCC)c1. The van der Waals surface area contributed by atoms with Crippen LogP contribution in [0.2, 0.25) is 0 Å². The van der Waals surface area contributed by atoms with E-state index in [0.717, 1.165) is 24.0 Å². The molecule has 2 aromatic carbocycles. The van der Waals surface area contributed by atoms with Crippen LogP contribution in [0.25, 0.3) is 5.76 Å². The second-order valence-corrected chi connectivity index (χ2v) is 7.54. The van der Waals surface area contributed by atoms with Crippen molar-refractivity contribution in [3.8, 4) is 11.5 Å². The zero-order chi connectivity index (χ0) is 22.5. The molecule has 1 unspecified atom stereocenters. The Labute approximate surface area is 183 Å². The van der Waals surface area contributed by atoms with Gasteiger partial charge in [-0.3, -0.25) is 9.59 Å². The van der Waals surface area contributed by atoms with Crippen molar-refractivity contribution in [2.75, 3.05) is 20.3 Å². The number of aryl methyl sites for hydroxylation is 1. The van der Waals surface area contributed by atoms with E-state index in [0.29, 0.717) is 30.2 Å². The molecule has 3 rings (SSSR count). The fourth-order valence-electron chi connectivity index (χ4n) is 3.91. The van der Waals surface area contributed by atoms with Crippen molar-refractivity contribution in [1.29, 1.82) is 0 Å². The van der Waals surface area contributed by atoms with Gasteiger partial charge in [0, 0.05) is 12.1 Å². The molecule has 2 aromatic rings. The number of likely N-dealkylation sites (tertiary alicyclic amines) is 1. The minimum Gasteiger partial charge on any atom is -0.507 e. The van der Waals surface area contributed by atoms with Crippen LogP contribution in [0.1, 0.15) is 49.4 Å². The molecule has 0 radical (unpaired) electrons. The third-order valence-electron chi connectivity index (χ3n) is 5.45. The molecule has 1 aliphatic rings. The molecule has 1 atom stereocenters. The zero-order valence-corrected chi connectivity index (χ0v) is 18.5. The average molecular weight is 424 g/mol. The molecule has 31 heavy (non-hydrogen) atoms. The van der Waals surface area contributed by atoms with Gasteiger partial charge in [-0.2, -0.15) is 0 Å². The largest absolute Gasteiger partial charge is 0.507 e. The van der Waals surface area contributed by atoms with Gasteiger partial charge in [0.1, 0.15) is 17.3 Å². The van der Waals surface area contributed by atoms with Crippen molar-refractivity contribution in [3.63, 3.8) is 0 Å². The van der Waals surface area contributed by atoms with Gasteiger partial charge in [0.25, 0.3) is 11.7 Å². The van der Waals surface area contributed by atoms with E-state index in [2.05, 4.69) is 0 Å². The maximum atomic E-state index is 13.0. The van der Waals surface area contributed by atoms with Crippen LogP contribution in [0.4, 0.5) is 0 Å². The van der Waals surface area contributed by atoms with E-state index < -0.39 is 17.7 Å². The van der Waals surface area contributed by atoms with Crippen molar-refractivity contribution in [1.82, 2.24) is 4.90 Å². The fraction of sp³-hybridized carbons (Fsp3) is 0.360. The van der Waals surface area contributed by atoms with Gasteiger partial charge in [-0.1, -0.05) is 25.5 Å². The Hall–Kier alpha value is -3.28. The molecule has 1 amide bonds. The highest BCUT2D eigenvalue weighted by Gasteiger charge is 2.45. The van der Waals surface area contributed by atoms with E-state index in [1.54, 1.807) is 30.2 Å². The van der Waals surface area contributed by atoms with E-state index in [4.69, 9.17) is 9.47 Å². The molecule has 1 heterocycles. The number of nitrogens with zero attached hydrogens (tertiary/aromatic N) is 1. The predicted molar refractivity (Wildman–Crippen MR) is 119 cm³/mol. The fourth-order valence-corrected chi connectivity index (χ4v) is 3.91. The van der Waals surface area contributed by atoms with Crippen LogP contribution < -0.4 is 9.47 Å². The predicted octanol–water partition coefficient (Wildman–Crippen LogP) is 4.62. The molecule has 0 saturated carbocycles. The first-order valence-electron chi connectivity index (χ1n) is 10.6. The van der Waals surface area contributed by atoms with Crippen molar-refractivity contribution in [3.05, 3.63) is 64.7 Å². The van der Waals surface area contributed by atoms with Crippen LogP contribution in [0.5, 0.6) is 11.5 Å². The second-order valence-electron chi connectivity index (χ2n) is 7.54. The van der Waals surface area contributed by atoms with Crippen LogP contribution in [-0.2, 0) is 9.59 Å². The number of hydrogen-bond donors (Lipinski definition) is 1. The Bertz CT molecular complexity index is 1010. The van der Waals surface area contributed by atoms with Crippen LogP contribution in [0.15, 0.2) is 48.0 Å². The molecule has 6 nitrogen and oxygen atoms in total. The van der Waals surface area contributed by atoms with Gasteiger partial charge in [-0.15, -0.1) is 0 Å². The molecule has 0 bridgehead atoms. The first-order chi connectivity index (χ1) is 14.9. The third-order valence-corrected chi connectivity index (χ3v) is 5.45. The summed E-state index contributed by atoms with van der Waals surface area (Å²) >= 11 is 0. The van der Waals surface area contributed by atoms with E-state index in [9.17, 15) is 14.7 Å². The minimum absolute atomic E-state index is 0.0966. The number of amides is 1. The van der Waals surface area contributed by atoms with Gasteiger partial charge in [0.15, 0.2) is 0 Å². The van der Waals surface area contributed by atoms with Crippen LogP contribution in [-0.4, -0.2) is 42.0 Å². The Kier molecular flexibility index (Phi) is 7.00. The Morgan fingerprint density at radius 1 is 1.13 bits per heavy atom. The smallest absolute Gasteiger partial charge is 0.295 e. The molecule has 0 spiro atoms. The van der Waals surface area contributed by atoms with Crippen molar-refractivity contribution < 1.29 is 24.2 Å². The van der Waals surface area contributed by atoms with Crippen molar-refractivity contribution >= 4 is 17.4 Å². The molecule has 0 aliphatic carbocycles. The summed E-state index contributed by atoms with van der Waals surface area (Å²) in [5.41, 5.74) is 2.12. The molecule has 1 N–H and O–H groups in total. The van der Waals surface area contributed by atoms with Gasteiger partial charge >= 0.3 is 0 Å². The van der Waals surface area contributed by atoms with Crippen LogP contribution >= 0.6 is 0 Å². The third kappa shape index (κ3) is 4.43. The highest BCUT2D eigenvalue weighted by molar-refractivity contribution is 6.46. The van der Waals surface area contributed by atoms with E-state index in [1.165, 1.54) is 0 Å². The number of ketones is 1. The molecule has 6 heteroatoms. The van der Waals surface area contributed by atoms with Crippen molar-refractivity contribution in [2.45, 2.75) is 39.7 Å². The lowest BCUT2D eigenvalue weighted by Gasteiger charge is -2.25. The van der Waals surface area contributed by atoms with Crippen LogP contribution in [0, 0.1) is 6.92 Å². The van der Waals surface area contributed by atoms with Crippen LogP contribution in [0.3, 0.4) is 0 Å². The first-order valence-corrected chi connectivity index (χ1v) is 10.6. The number of Topliss-reactive ketones (excluding diaryl/α,β-unsaturated/α-hetero) is 1. The summed E-state index contributed by atoms with van der Waals surface area (Å²) in [6.45, 7) is 6.72. The topological polar surface area (TPSA) is 76.1 Å². The number of benzene rings is 2. The molecular formula is C25H29NO5. The summed E-state index contributed by atoms with van der Waals surface area (Å²) in [5, 5.41) is 11.2. The number of carbonyl (C=O) groups is 2. The lowest BCUT2D eigenvalue weighted by atomic mass is 9.94. The summed E-state index contributed by atoms with van der Waals surface area (Å²) < 4.78 is 10.9. The summed E-state index contributed by atoms with van der Waals surface area (Å²) in [5.74, 6) is -0.113. The van der Waals surface area contributed by atoms with E-state index in [1.807, 2.05) is 45.0 Å². The highest BCUT2D eigenvalue weighted by atomic mass is 16.5. The summed E-state index contributed by atoms with van der Waals surface area (Å²) in [6.07, 6.45) is 1.64. The number of methoxy groups -OCH3 is 1. The molecule has 1 aliphatic heterocycles. The molecule has 1 fully saturated rings. The maximum absolute atomic E-state index is 13.0. The van der Waals surface area contributed by atoms with Gasteiger partial charge in [-0.05, 0) is 61.7 Å². The molecule has 164 valence electrons. The number of aliphatic hydroxyl groups excluding tert-OH is 1. The summed E-state index contributed by atoms with van der Waals surface area (Å²) in [6, 6.07) is 11.8. The number of carbonyl (C=O) groups excluding carboxylic acids is 2. The van der Waals surface area contributed by atoms with Crippen molar-refractivity contribution in [2.24, 2.45) is 0 Å². The lowest BCUT2D eigenvalue weighted by Crippen LogP contribution is -2.30. The van der Waals surface area contributed by atoms with Gasteiger partial charge in [0.2, 0.25) is 0 Å². The molecule has 1 saturated heterocycles. The summed E-state index contributed by atoms with van der Waals surface area (Å²) in [4.78, 5) is 27.5. The van der Waals surface area contributed by atoms with E-state index >= 15 is 0 Å². The number of rotatable bonds is 8. The maximum Gasteiger partial charge on any atom is 0.295 e. The highest BCUT2D eigenvalue weighted by Crippen LogP contribution is 2.40. The van der Waals surface area contributed by atoms with Gasteiger partial charge in [-0.25, -0.2) is 0 Å². The van der Waals surface area contributed by atoms with E-state index in [-0.39, 0.29) is 11.3 Å². The normalized spacial score (nSPS) is 17.8. The number of unbranched alkanes of at least 4 members (excludes halogenated alkanes) is 1. The number of aliphatic hydroxyl groups is 1. The Balaban J connectivity index is 2.16. The monoisotopic (exact) mass is 423 g/mol. The summed E-state index contributed by atoms with van der Waals surface area (Å²) in [7, 11) is 1.58. The first kappa shape index (κ1) is 22.4. The number of ether oxygens (including phenoxy) is 2. The molecule has 0 aromatic heterocycles. The minimum atomic E-state index is -0.672. The zero-order valence-electron chi connectivity index (χ0n) is 18.5. The number of hydrogen-bond acceptors (Lipinski definition) is 5. The Morgan fingerprint density at radius 3 is 2.55 bits per heavy atom.